The Bertz CT molecular complexity index is 485. The van der Waals surface area contributed by atoms with Crippen molar-refractivity contribution < 1.29 is 9.21 Å². The maximum absolute atomic E-state index is 11.8. The van der Waals surface area contributed by atoms with Gasteiger partial charge in [0.25, 0.3) is 0 Å². The second-order valence-electron chi connectivity index (χ2n) is 5.87. The molecule has 0 fully saturated rings. The van der Waals surface area contributed by atoms with Crippen molar-refractivity contribution in [3.8, 4) is 0 Å². The first-order valence-corrected chi connectivity index (χ1v) is 6.89. The number of furan rings is 1. The number of aldehydes is 1. The Morgan fingerprint density at radius 3 is 3.17 bits per heavy atom. The van der Waals surface area contributed by atoms with Crippen LogP contribution in [0.4, 0.5) is 0 Å². The Morgan fingerprint density at radius 1 is 1.61 bits per heavy atom. The van der Waals surface area contributed by atoms with Gasteiger partial charge in [0.05, 0.1) is 6.26 Å². The van der Waals surface area contributed by atoms with E-state index >= 15 is 0 Å². The van der Waals surface area contributed by atoms with E-state index in [4.69, 9.17) is 4.42 Å². The fraction of sp³-hybridized carbons (Fsp3) is 0.562. The molecule has 1 aromatic rings. The Morgan fingerprint density at radius 2 is 2.44 bits per heavy atom. The molecule has 3 atom stereocenters. The summed E-state index contributed by atoms with van der Waals surface area (Å²) in [5.74, 6) is 1.81. The minimum atomic E-state index is -0.256. The second kappa shape index (κ2) is 4.11. The summed E-state index contributed by atoms with van der Waals surface area (Å²) in [7, 11) is 0. The van der Waals surface area contributed by atoms with Gasteiger partial charge in [0.15, 0.2) is 0 Å². The zero-order chi connectivity index (χ0) is 12.8. The van der Waals surface area contributed by atoms with E-state index in [1.807, 2.05) is 12.3 Å². The van der Waals surface area contributed by atoms with Crippen molar-refractivity contribution in [2.75, 3.05) is 0 Å². The lowest BCUT2D eigenvalue weighted by Gasteiger charge is -2.45. The Labute approximate surface area is 108 Å². The SMILES string of the molecule is C=CC[C@@]1(C=O)[C@H](C)Cc2occ3c2[C@H]1CCC3. The van der Waals surface area contributed by atoms with Gasteiger partial charge in [-0.1, -0.05) is 13.0 Å². The average Bonchev–Trinajstić information content (AvgIpc) is 2.79. The molecule has 96 valence electrons. The zero-order valence-corrected chi connectivity index (χ0v) is 10.9. The normalized spacial score (nSPS) is 33.8. The van der Waals surface area contributed by atoms with E-state index < -0.39 is 0 Å². The highest BCUT2D eigenvalue weighted by molar-refractivity contribution is 5.65. The van der Waals surface area contributed by atoms with Crippen molar-refractivity contribution in [3.63, 3.8) is 0 Å². The van der Waals surface area contributed by atoms with Crippen LogP contribution in [-0.4, -0.2) is 6.29 Å². The molecular weight excluding hydrogens is 224 g/mol. The first-order valence-electron chi connectivity index (χ1n) is 6.89. The van der Waals surface area contributed by atoms with Gasteiger partial charge in [0.2, 0.25) is 0 Å². The van der Waals surface area contributed by atoms with Crippen molar-refractivity contribution in [1.82, 2.24) is 0 Å². The van der Waals surface area contributed by atoms with Gasteiger partial charge in [-0.2, -0.15) is 0 Å². The Balaban J connectivity index is 2.15. The van der Waals surface area contributed by atoms with E-state index in [1.54, 1.807) is 0 Å². The number of allylic oxidation sites excluding steroid dienone is 1. The molecule has 0 bridgehead atoms. The number of hydrogen-bond acceptors (Lipinski definition) is 2. The van der Waals surface area contributed by atoms with Crippen LogP contribution in [0.25, 0.3) is 0 Å². The zero-order valence-electron chi connectivity index (χ0n) is 10.9. The number of rotatable bonds is 3. The van der Waals surface area contributed by atoms with Crippen molar-refractivity contribution in [3.05, 3.63) is 35.8 Å². The van der Waals surface area contributed by atoms with Crippen molar-refractivity contribution in [2.24, 2.45) is 11.3 Å². The molecule has 3 rings (SSSR count). The third-order valence-electron chi connectivity index (χ3n) is 5.05. The van der Waals surface area contributed by atoms with Gasteiger partial charge in [-0.05, 0) is 37.2 Å². The van der Waals surface area contributed by atoms with Crippen molar-refractivity contribution >= 4 is 6.29 Å². The highest BCUT2D eigenvalue weighted by atomic mass is 16.3. The molecule has 2 aliphatic carbocycles. The molecule has 0 saturated carbocycles. The fourth-order valence-electron chi connectivity index (χ4n) is 4.05. The molecule has 0 aromatic carbocycles. The van der Waals surface area contributed by atoms with Crippen LogP contribution in [0, 0.1) is 11.3 Å². The van der Waals surface area contributed by atoms with Crippen LogP contribution in [0.15, 0.2) is 23.3 Å². The molecule has 0 saturated heterocycles. The first kappa shape index (κ1) is 11.8. The van der Waals surface area contributed by atoms with Gasteiger partial charge in [-0.15, -0.1) is 6.58 Å². The molecule has 18 heavy (non-hydrogen) atoms. The number of carbonyl (C=O) groups excluding carboxylic acids is 1. The summed E-state index contributed by atoms with van der Waals surface area (Å²) in [6.45, 7) is 6.03. The lowest BCUT2D eigenvalue weighted by molar-refractivity contribution is -0.121. The molecule has 0 N–H and O–H groups in total. The smallest absolute Gasteiger partial charge is 0.127 e. The molecule has 1 heterocycles. The molecule has 2 nitrogen and oxygen atoms in total. The van der Waals surface area contributed by atoms with Crippen LogP contribution >= 0.6 is 0 Å². The molecule has 2 aliphatic rings. The van der Waals surface area contributed by atoms with Gasteiger partial charge in [0, 0.05) is 23.3 Å². The highest BCUT2D eigenvalue weighted by Crippen LogP contribution is 2.55. The van der Waals surface area contributed by atoms with Gasteiger partial charge >= 0.3 is 0 Å². The molecule has 0 spiro atoms. The molecule has 0 radical (unpaired) electrons. The van der Waals surface area contributed by atoms with E-state index in [0.29, 0.717) is 11.8 Å². The van der Waals surface area contributed by atoms with Crippen LogP contribution < -0.4 is 0 Å². The van der Waals surface area contributed by atoms with Crippen LogP contribution in [-0.2, 0) is 17.6 Å². The summed E-state index contributed by atoms with van der Waals surface area (Å²) in [5, 5.41) is 0. The summed E-state index contributed by atoms with van der Waals surface area (Å²) < 4.78 is 5.73. The number of aryl methyl sites for hydroxylation is 1. The predicted octanol–water partition coefficient (Wildman–Crippen LogP) is 3.65. The lowest BCUT2D eigenvalue weighted by atomic mass is 9.56. The van der Waals surface area contributed by atoms with Crippen molar-refractivity contribution in [1.29, 1.82) is 0 Å². The Kier molecular flexibility index (Phi) is 2.69. The van der Waals surface area contributed by atoms with Crippen LogP contribution in [0.5, 0.6) is 0 Å². The van der Waals surface area contributed by atoms with Crippen LogP contribution in [0.2, 0.25) is 0 Å². The van der Waals surface area contributed by atoms with Gasteiger partial charge in [0.1, 0.15) is 12.0 Å². The minimum absolute atomic E-state index is 0.256. The van der Waals surface area contributed by atoms with E-state index in [9.17, 15) is 4.79 Å². The minimum Gasteiger partial charge on any atom is -0.469 e. The van der Waals surface area contributed by atoms with E-state index in [-0.39, 0.29) is 5.41 Å². The van der Waals surface area contributed by atoms with Gasteiger partial charge in [-0.3, -0.25) is 0 Å². The molecule has 0 amide bonds. The maximum atomic E-state index is 11.8. The van der Waals surface area contributed by atoms with Crippen molar-refractivity contribution in [2.45, 2.75) is 44.9 Å². The van der Waals surface area contributed by atoms with E-state index in [0.717, 1.165) is 37.9 Å². The van der Waals surface area contributed by atoms with Crippen LogP contribution in [0.1, 0.15) is 49.0 Å². The van der Waals surface area contributed by atoms with Gasteiger partial charge in [-0.25, -0.2) is 0 Å². The topological polar surface area (TPSA) is 30.2 Å². The third-order valence-corrected chi connectivity index (χ3v) is 5.05. The summed E-state index contributed by atoms with van der Waals surface area (Å²) in [4.78, 5) is 11.8. The fourth-order valence-corrected chi connectivity index (χ4v) is 4.05. The third kappa shape index (κ3) is 1.38. The molecule has 1 aromatic heterocycles. The molecule has 0 aliphatic heterocycles. The quantitative estimate of drug-likeness (QED) is 0.600. The van der Waals surface area contributed by atoms with E-state index in [1.165, 1.54) is 17.4 Å². The molecule has 2 heteroatoms. The summed E-state index contributed by atoms with van der Waals surface area (Å²) in [6.07, 6.45) is 10.1. The van der Waals surface area contributed by atoms with E-state index in [2.05, 4.69) is 13.5 Å². The Hall–Kier alpha value is -1.31. The number of hydrogen-bond donors (Lipinski definition) is 0. The predicted molar refractivity (Wildman–Crippen MR) is 70.6 cm³/mol. The largest absolute Gasteiger partial charge is 0.469 e. The monoisotopic (exact) mass is 244 g/mol. The molecular formula is C16H20O2. The number of carbonyl (C=O) groups is 1. The standard InChI is InChI=1S/C16H20O2/c1-3-7-16(10-17)11(2)8-14-15-12(9-18-14)5-4-6-13(15)16/h3,9-11,13H,1,4-8H2,2H3/t11-,13-,16-/m1/s1. The average molecular weight is 244 g/mol. The molecule has 0 unspecified atom stereocenters. The lowest BCUT2D eigenvalue weighted by Crippen LogP contribution is -2.42. The highest BCUT2D eigenvalue weighted by Gasteiger charge is 2.49. The van der Waals surface area contributed by atoms with Crippen LogP contribution in [0.3, 0.4) is 0 Å². The maximum Gasteiger partial charge on any atom is 0.127 e. The first-order chi connectivity index (χ1) is 8.73. The summed E-state index contributed by atoms with van der Waals surface area (Å²) in [6, 6.07) is 0. The van der Waals surface area contributed by atoms with Gasteiger partial charge < -0.3 is 9.21 Å². The summed E-state index contributed by atoms with van der Waals surface area (Å²) >= 11 is 0. The second-order valence-corrected chi connectivity index (χ2v) is 5.87. The summed E-state index contributed by atoms with van der Waals surface area (Å²) in [5.41, 5.74) is 2.44.